The Labute approximate surface area is 98.7 Å². The Morgan fingerprint density at radius 2 is 2.06 bits per heavy atom. The van der Waals surface area contributed by atoms with Crippen molar-refractivity contribution < 1.29 is 5.11 Å². The van der Waals surface area contributed by atoms with E-state index in [9.17, 15) is 5.11 Å². The Hall–Kier alpha value is -0.890. The Morgan fingerprint density at radius 3 is 2.62 bits per heavy atom. The molecule has 2 unspecified atom stereocenters. The van der Waals surface area contributed by atoms with Crippen LogP contribution in [0.2, 0.25) is 0 Å². The molecule has 0 amide bonds. The van der Waals surface area contributed by atoms with Gasteiger partial charge in [-0.1, -0.05) is 39.2 Å². The second-order valence-electron chi connectivity index (χ2n) is 4.55. The number of nitrogens with zero attached hydrogens (tertiary/aromatic N) is 1. The molecule has 1 heterocycles. The van der Waals surface area contributed by atoms with Crippen molar-refractivity contribution in [3.8, 4) is 0 Å². The zero-order valence-electron chi connectivity index (χ0n) is 10.6. The van der Waals surface area contributed by atoms with E-state index in [1.165, 1.54) is 12.8 Å². The summed E-state index contributed by atoms with van der Waals surface area (Å²) in [7, 11) is 0. The molecule has 2 atom stereocenters. The fourth-order valence-electron chi connectivity index (χ4n) is 2.06. The van der Waals surface area contributed by atoms with Gasteiger partial charge in [0.05, 0.1) is 6.10 Å². The van der Waals surface area contributed by atoms with Gasteiger partial charge in [0.25, 0.3) is 0 Å². The molecule has 2 nitrogen and oxygen atoms in total. The zero-order chi connectivity index (χ0) is 12.0. The maximum absolute atomic E-state index is 10.3. The molecule has 1 N–H and O–H groups in total. The first-order chi connectivity index (χ1) is 7.69. The van der Waals surface area contributed by atoms with Crippen LogP contribution in [0, 0.1) is 12.8 Å². The van der Waals surface area contributed by atoms with Gasteiger partial charge < -0.3 is 5.11 Å². The third-order valence-corrected chi connectivity index (χ3v) is 3.14. The van der Waals surface area contributed by atoms with Crippen LogP contribution in [0.15, 0.2) is 18.5 Å². The maximum Gasteiger partial charge on any atom is 0.0833 e. The van der Waals surface area contributed by atoms with Gasteiger partial charge in [-0.15, -0.1) is 0 Å². The molecule has 90 valence electrons. The Bertz CT molecular complexity index is 311. The van der Waals surface area contributed by atoms with E-state index in [0.717, 1.165) is 24.0 Å². The van der Waals surface area contributed by atoms with E-state index in [2.05, 4.69) is 18.8 Å². The van der Waals surface area contributed by atoms with E-state index in [1.54, 1.807) is 6.20 Å². The summed E-state index contributed by atoms with van der Waals surface area (Å²) in [5.74, 6) is 0.364. The number of unbranched alkanes of at least 4 members (excludes halogenated alkanes) is 1. The van der Waals surface area contributed by atoms with Gasteiger partial charge >= 0.3 is 0 Å². The van der Waals surface area contributed by atoms with Crippen LogP contribution in [0.3, 0.4) is 0 Å². The molecule has 0 bridgehead atoms. The predicted molar refractivity (Wildman–Crippen MR) is 67.2 cm³/mol. The summed E-state index contributed by atoms with van der Waals surface area (Å²) in [6, 6.07) is 2.03. The molecule has 0 saturated carbocycles. The Kier molecular flexibility index (Phi) is 5.47. The minimum absolute atomic E-state index is 0.357. The summed E-state index contributed by atoms with van der Waals surface area (Å²) >= 11 is 0. The first-order valence-electron chi connectivity index (χ1n) is 6.28. The molecule has 0 aliphatic carbocycles. The predicted octanol–water partition coefficient (Wildman–Crippen LogP) is 3.64. The molecule has 0 spiro atoms. The van der Waals surface area contributed by atoms with Crippen LogP contribution >= 0.6 is 0 Å². The molecule has 0 aliphatic rings. The normalized spacial score (nSPS) is 14.8. The summed E-state index contributed by atoms with van der Waals surface area (Å²) in [5.41, 5.74) is 2.07. The van der Waals surface area contributed by atoms with Gasteiger partial charge in [-0.25, -0.2) is 0 Å². The number of aryl methyl sites for hydroxylation is 1. The van der Waals surface area contributed by atoms with Gasteiger partial charge in [-0.2, -0.15) is 0 Å². The second kappa shape index (κ2) is 6.64. The molecule has 1 aromatic rings. The van der Waals surface area contributed by atoms with E-state index in [1.807, 2.05) is 19.2 Å². The molecular weight excluding hydrogens is 198 g/mol. The molecule has 1 rings (SSSR count). The van der Waals surface area contributed by atoms with Crippen molar-refractivity contribution in [3.05, 3.63) is 29.6 Å². The monoisotopic (exact) mass is 221 g/mol. The fraction of sp³-hybridized carbons (Fsp3) is 0.643. The van der Waals surface area contributed by atoms with Gasteiger partial charge in [0, 0.05) is 12.4 Å². The van der Waals surface area contributed by atoms with Crippen molar-refractivity contribution in [3.63, 3.8) is 0 Å². The van der Waals surface area contributed by atoms with Crippen molar-refractivity contribution in [2.75, 3.05) is 0 Å². The van der Waals surface area contributed by atoms with Crippen LogP contribution < -0.4 is 0 Å². The van der Waals surface area contributed by atoms with Gasteiger partial charge in [-0.05, 0) is 30.4 Å². The molecule has 0 saturated heterocycles. The van der Waals surface area contributed by atoms with Crippen molar-refractivity contribution in [1.82, 2.24) is 4.98 Å². The minimum atomic E-state index is -0.357. The van der Waals surface area contributed by atoms with E-state index >= 15 is 0 Å². The van der Waals surface area contributed by atoms with Crippen LogP contribution in [-0.2, 0) is 0 Å². The van der Waals surface area contributed by atoms with E-state index in [4.69, 9.17) is 0 Å². The highest BCUT2D eigenvalue weighted by molar-refractivity contribution is 5.19. The van der Waals surface area contributed by atoms with Gasteiger partial charge in [0.2, 0.25) is 0 Å². The lowest BCUT2D eigenvalue weighted by Crippen LogP contribution is -2.12. The SMILES string of the molecule is CCCCC(CC)C(O)c1cncc(C)c1. The van der Waals surface area contributed by atoms with Crippen molar-refractivity contribution in [2.24, 2.45) is 5.92 Å². The highest BCUT2D eigenvalue weighted by Gasteiger charge is 2.18. The molecular formula is C14H23NO. The number of aliphatic hydroxyl groups excluding tert-OH is 1. The van der Waals surface area contributed by atoms with Crippen LogP contribution in [0.1, 0.15) is 56.8 Å². The number of hydrogen-bond acceptors (Lipinski definition) is 2. The smallest absolute Gasteiger partial charge is 0.0833 e. The number of pyridine rings is 1. The maximum atomic E-state index is 10.3. The van der Waals surface area contributed by atoms with Gasteiger partial charge in [0.15, 0.2) is 0 Å². The minimum Gasteiger partial charge on any atom is -0.388 e. The van der Waals surface area contributed by atoms with E-state index in [-0.39, 0.29) is 6.10 Å². The molecule has 0 radical (unpaired) electrons. The van der Waals surface area contributed by atoms with Crippen LogP contribution in [0.25, 0.3) is 0 Å². The number of aromatic nitrogens is 1. The fourth-order valence-corrected chi connectivity index (χ4v) is 2.06. The zero-order valence-corrected chi connectivity index (χ0v) is 10.6. The quantitative estimate of drug-likeness (QED) is 0.795. The van der Waals surface area contributed by atoms with Crippen LogP contribution in [0.5, 0.6) is 0 Å². The highest BCUT2D eigenvalue weighted by atomic mass is 16.3. The Morgan fingerprint density at radius 1 is 1.31 bits per heavy atom. The summed E-state index contributed by atoms with van der Waals surface area (Å²) < 4.78 is 0. The lowest BCUT2D eigenvalue weighted by Gasteiger charge is -2.21. The lowest BCUT2D eigenvalue weighted by atomic mass is 9.89. The lowest BCUT2D eigenvalue weighted by molar-refractivity contribution is 0.0985. The van der Waals surface area contributed by atoms with E-state index in [0.29, 0.717) is 5.92 Å². The molecule has 0 aromatic carbocycles. The van der Waals surface area contributed by atoms with Gasteiger partial charge in [0.1, 0.15) is 0 Å². The molecule has 2 heteroatoms. The molecule has 0 aliphatic heterocycles. The largest absolute Gasteiger partial charge is 0.388 e. The average molecular weight is 221 g/mol. The van der Waals surface area contributed by atoms with Gasteiger partial charge in [-0.3, -0.25) is 4.98 Å². The first kappa shape index (κ1) is 13.2. The van der Waals surface area contributed by atoms with E-state index < -0.39 is 0 Å². The average Bonchev–Trinajstić information content (AvgIpc) is 2.29. The molecule has 0 fully saturated rings. The summed E-state index contributed by atoms with van der Waals surface area (Å²) in [4.78, 5) is 4.14. The van der Waals surface area contributed by atoms with Crippen LogP contribution in [0.4, 0.5) is 0 Å². The number of rotatable bonds is 6. The van der Waals surface area contributed by atoms with Crippen molar-refractivity contribution in [1.29, 1.82) is 0 Å². The highest BCUT2D eigenvalue weighted by Crippen LogP contribution is 2.28. The number of aliphatic hydroxyl groups is 1. The van der Waals surface area contributed by atoms with Crippen molar-refractivity contribution in [2.45, 2.75) is 52.6 Å². The standard InChI is InChI=1S/C14H23NO/c1-4-6-7-12(5-2)14(16)13-8-11(3)9-15-10-13/h8-10,12,14,16H,4-7H2,1-3H3. The van der Waals surface area contributed by atoms with Crippen molar-refractivity contribution >= 4 is 0 Å². The topological polar surface area (TPSA) is 33.1 Å². The third kappa shape index (κ3) is 3.60. The van der Waals surface area contributed by atoms with Crippen LogP contribution in [-0.4, -0.2) is 10.1 Å². The molecule has 1 aromatic heterocycles. The third-order valence-electron chi connectivity index (χ3n) is 3.14. The summed E-state index contributed by atoms with van der Waals surface area (Å²) in [6.45, 7) is 6.34. The summed E-state index contributed by atoms with van der Waals surface area (Å²) in [5, 5.41) is 10.3. The first-order valence-corrected chi connectivity index (χ1v) is 6.28. The summed E-state index contributed by atoms with van der Waals surface area (Å²) in [6.07, 6.45) is 7.75. The Balaban J connectivity index is 2.70. The second-order valence-corrected chi connectivity index (χ2v) is 4.55. The number of hydrogen-bond donors (Lipinski definition) is 1. The molecule has 16 heavy (non-hydrogen) atoms.